The Morgan fingerprint density at radius 2 is 1.90 bits per heavy atom. The van der Waals surface area contributed by atoms with Gasteiger partial charge in [-0.25, -0.2) is 0 Å². The second-order valence-corrected chi connectivity index (χ2v) is 3.03. The Morgan fingerprint density at radius 1 is 1.30 bits per heavy atom. The maximum atomic E-state index is 5.13. The van der Waals surface area contributed by atoms with E-state index in [4.69, 9.17) is 4.84 Å². The number of hydroxylamine groups is 1. The predicted octanol–water partition coefficient (Wildman–Crippen LogP) is 1.98. The van der Waals surface area contributed by atoms with Crippen molar-refractivity contribution in [1.29, 1.82) is 0 Å². The van der Waals surface area contributed by atoms with Crippen LogP contribution in [0.2, 0.25) is 0 Å². The van der Waals surface area contributed by atoms with Crippen molar-refractivity contribution in [2.45, 2.75) is 40.2 Å². The van der Waals surface area contributed by atoms with Gasteiger partial charge in [-0.2, -0.15) is 0 Å². The molecule has 0 saturated carbocycles. The van der Waals surface area contributed by atoms with Crippen molar-refractivity contribution < 1.29 is 4.84 Å². The Balaban J connectivity index is 3.03. The van der Waals surface area contributed by atoms with Gasteiger partial charge in [-0.05, 0) is 19.3 Å². The molecule has 2 heteroatoms. The van der Waals surface area contributed by atoms with Crippen LogP contribution in [0.3, 0.4) is 0 Å². The highest BCUT2D eigenvalue weighted by Gasteiger charge is 1.99. The monoisotopic (exact) mass is 144 g/mol. The highest BCUT2D eigenvalue weighted by molar-refractivity contribution is 4.44. The average molecular weight is 144 g/mol. The summed E-state index contributed by atoms with van der Waals surface area (Å²) >= 11 is 0. The minimum Gasteiger partial charge on any atom is -0.279 e. The van der Waals surface area contributed by atoms with E-state index >= 15 is 0 Å². The minimum absolute atomic E-state index is 0.277. The molecule has 0 rings (SSSR count). The van der Waals surface area contributed by atoms with Crippen LogP contribution in [0.4, 0.5) is 0 Å². The van der Waals surface area contributed by atoms with E-state index in [-0.39, 0.29) is 6.10 Å². The maximum Gasteiger partial charge on any atom is 0.0780 e. The molecule has 1 radical (unpaired) electrons. The second kappa shape index (κ2) is 5.69. The molecule has 1 unspecified atom stereocenters. The first kappa shape index (κ1) is 9.92. The third-order valence-electron chi connectivity index (χ3n) is 1.27. The van der Waals surface area contributed by atoms with Gasteiger partial charge in [0.15, 0.2) is 0 Å². The molecule has 0 bridgehead atoms. The van der Waals surface area contributed by atoms with Crippen LogP contribution in [-0.2, 0) is 4.84 Å². The zero-order valence-electron chi connectivity index (χ0n) is 7.42. The fraction of sp³-hybridized carbons (Fsp3) is 1.00. The molecule has 61 valence electrons. The SMILES string of the molecule is CCC(C)O[N]CC(C)C. The maximum absolute atomic E-state index is 5.13. The molecule has 0 heterocycles. The average Bonchev–Trinajstić information content (AvgIpc) is 1.87. The lowest BCUT2D eigenvalue weighted by Gasteiger charge is -2.09. The molecule has 0 saturated heterocycles. The number of rotatable bonds is 5. The molecule has 0 aliphatic carbocycles. The fourth-order valence-electron chi connectivity index (χ4n) is 0.394. The van der Waals surface area contributed by atoms with Gasteiger partial charge in [0, 0.05) is 6.54 Å². The van der Waals surface area contributed by atoms with Crippen molar-refractivity contribution >= 4 is 0 Å². The van der Waals surface area contributed by atoms with E-state index in [9.17, 15) is 0 Å². The van der Waals surface area contributed by atoms with E-state index in [1.807, 2.05) is 6.92 Å². The van der Waals surface area contributed by atoms with Crippen LogP contribution >= 0.6 is 0 Å². The van der Waals surface area contributed by atoms with E-state index in [1.165, 1.54) is 0 Å². The summed E-state index contributed by atoms with van der Waals surface area (Å²) in [7, 11) is 0. The molecule has 0 amide bonds. The predicted molar refractivity (Wildman–Crippen MR) is 42.7 cm³/mol. The lowest BCUT2D eigenvalue weighted by Crippen LogP contribution is -2.18. The second-order valence-electron chi connectivity index (χ2n) is 3.03. The van der Waals surface area contributed by atoms with Gasteiger partial charge in [-0.3, -0.25) is 4.84 Å². The number of nitrogens with zero attached hydrogens (tertiary/aromatic N) is 1. The van der Waals surface area contributed by atoms with Gasteiger partial charge in [0.2, 0.25) is 0 Å². The number of hydrogen-bond donors (Lipinski definition) is 0. The van der Waals surface area contributed by atoms with Crippen LogP contribution in [-0.4, -0.2) is 12.6 Å². The molecular weight excluding hydrogens is 126 g/mol. The standard InChI is InChI=1S/C8H18NO/c1-5-8(4)10-9-6-7(2)3/h7-8H,5-6H2,1-4H3. The van der Waals surface area contributed by atoms with E-state index in [0.717, 1.165) is 13.0 Å². The molecule has 10 heavy (non-hydrogen) atoms. The van der Waals surface area contributed by atoms with E-state index in [2.05, 4.69) is 26.3 Å². The van der Waals surface area contributed by atoms with Crippen LogP contribution in [0, 0.1) is 5.92 Å². The van der Waals surface area contributed by atoms with Gasteiger partial charge in [-0.15, -0.1) is 0 Å². The van der Waals surface area contributed by atoms with Crippen LogP contribution in [0.15, 0.2) is 0 Å². The summed E-state index contributed by atoms with van der Waals surface area (Å²) in [5.74, 6) is 0.601. The van der Waals surface area contributed by atoms with Crippen molar-refractivity contribution in [2.24, 2.45) is 5.92 Å². The molecule has 0 aliphatic rings. The van der Waals surface area contributed by atoms with Crippen molar-refractivity contribution in [1.82, 2.24) is 5.48 Å². The third-order valence-corrected chi connectivity index (χ3v) is 1.27. The molecule has 0 fully saturated rings. The normalized spacial score (nSPS) is 14.1. The molecule has 0 aromatic carbocycles. The Bertz CT molecular complexity index is 73.7. The molecular formula is C8H18NO. The molecule has 0 aromatic heterocycles. The smallest absolute Gasteiger partial charge is 0.0780 e. The van der Waals surface area contributed by atoms with Crippen molar-refractivity contribution in [3.05, 3.63) is 0 Å². The van der Waals surface area contributed by atoms with Gasteiger partial charge in [0.1, 0.15) is 0 Å². The molecule has 0 aromatic rings. The quantitative estimate of drug-likeness (QED) is 0.541. The van der Waals surface area contributed by atoms with Gasteiger partial charge >= 0.3 is 0 Å². The van der Waals surface area contributed by atoms with Gasteiger partial charge in [0.25, 0.3) is 0 Å². The summed E-state index contributed by atoms with van der Waals surface area (Å²) in [5, 5.41) is 0. The van der Waals surface area contributed by atoms with Gasteiger partial charge < -0.3 is 0 Å². The Hall–Kier alpha value is -0.0800. The largest absolute Gasteiger partial charge is 0.279 e. The molecule has 0 spiro atoms. The summed E-state index contributed by atoms with van der Waals surface area (Å²) in [6, 6.07) is 0. The Kier molecular flexibility index (Phi) is 5.64. The first-order chi connectivity index (χ1) is 4.66. The summed E-state index contributed by atoms with van der Waals surface area (Å²) in [6.45, 7) is 9.19. The first-order valence-electron chi connectivity index (χ1n) is 3.99. The van der Waals surface area contributed by atoms with E-state index in [1.54, 1.807) is 0 Å². The van der Waals surface area contributed by atoms with Gasteiger partial charge in [-0.1, -0.05) is 26.3 Å². The lowest BCUT2D eigenvalue weighted by atomic mass is 10.2. The van der Waals surface area contributed by atoms with E-state index in [0.29, 0.717) is 5.92 Å². The summed E-state index contributed by atoms with van der Waals surface area (Å²) in [6.07, 6.45) is 1.31. The molecule has 1 atom stereocenters. The molecule has 0 aliphatic heterocycles. The topological polar surface area (TPSA) is 23.3 Å². The lowest BCUT2D eigenvalue weighted by molar-refractivity contribution is -0.0279. The van der Waals surface area contributed by atoms with Crippen LogP contribution in [0.1, 0.15) is 34.1 Å². The van der Waals surface area contributed by atoms with Crippen molar-refractivity contribution in [3.63, 3.8) is 0 Å². The van der Waals surface area contributed by atoms with Crippen LogP contribution < -0.4 is 5.48 Å². The highest BCUT2D eigenvalue weighted by atomic mass is 16.7. The van der Waals surface area contributed by atoms with Crippen LogP contribution in [0.25, 0.3) is 0 Å². The van der Waals surface area contributed by atoms with Crippen molar-refractivity contribution in [2.75, 3.05) is 6.54 Å². The number of hydrogen-bond acceptors (Lipinski definition) is 1. The summed E-state index contributed by atoms with van der Waals surface area (Å²) in [4.78, 5) is 5.13. The zero-order valence-corrected chi connectivity index (χ0v) is 7.42. The zero-order chi connectivity index (χ0) is 7.98. The summed E-state index contributed by atoms with van der Waals surface area (Å²) in [5.41, 5.74) is 3.94. The van der Waals surface area contributed by atoms with E-state index < -0.39 is 0 Å². The fourth-order valence-corrected chi connectivity index (χ4v) is 0.394. The Labute approximate surface area is 63.9 Å². The summed E-state index contributed by atoms with van der Waals surface area (Å²) < 4.78 is 0. The van der Waals surface area contributed by atoms with Crippen LogP contribution in [0.5, 0.6) is 0 Å². The third kappa shape index (κ3) is 6.05. The minimum atomic E-state index is 0.277. The first-order valence-corrected chi connectivity index (χ1v) is 3.99. The molecule has 0 N–H and O–H groups in total. The Morgan fingerprint density at radius 3 is 2.30 bits per heavy atom. The molecule has 2 nitrogen and oxygen atoms in total. The highest BCUT2D eigenvalue weighted by Crippen LogP contribution is 1.95. The van der Waals surface area contributed by atoms with Crippen molar-refractivity contribution in [3.8, 4) is 0 Å². The van der Waals surface area contributed by atoms with Gasteiger partial charge in [0.05, 0.1) is 6.10 Å².